The van der Waals surface area contributed by atoms with Crippen LogP contribution in [-0.2, 0) is 6.54 Å². The summed E-state index contributed by atoms with van der Waals surface area (Å²) < 4.78 is 18.7. The molecule has 3 aromatic rings. The van der Waals surface area contributed by atoms with E-state index >= 15 is 0 Å². The van der Waals surface area contributed by atoms with Crippen LogP contribution in [0, 0.1) is 17.1 Å². The number of benzene rings is 1. The van der Waals surface area contributed by atoms with E-state index in [0.29, 0.717) is 12.2 Å². The Labute approximate surface area is 139 Å². The number of hydrogen-bond acceptors (Lipinski definition) is 3. The molecule has 0 fully saturated rings. The lowest BCUT2D eigenvalue weighted by atomic mass is 9.93. The first-order valence-corrected chi connectivity index (χ1v) is 7.83. The summed E-state index contributed by atoms with van der Waals surface area (Å²) in [7, 11) is 0. The molecule has 0 spiro atoms. The van der Waals surface area contributed by atoms with Crippen LogP contribution in [0.4, 0.5) is 4.39 Å². The molecule has 2 heterocycles. The Bertz CT molecular complexity index is 800. The first-order valence-electron chi connectivity index (χ1n) is 7.83. The standard InChI is InChI=1S/C19H18FN3O/c20-16-5-3-15(4-6-16)18(19-2-1-9-24-19)7-8-22-12-14-10-17(11-21)23-13-14/h1-6,9-10,13,18,22-23H,7-8,12H2. The number of nitrogens with zero attached hydrogens (tertiary/aromatic N) is 1. The Morgan fingerprint density at radius 3 is 2.75 bits per heavy atom. The number of hydrogen-bond donors (Lipinski definition) is 2. The smallest absolute Gasteiger partial charge is 0.123 e. The molecule has 0 aliphatic rings. The average molecular weight is 323 g/mol. The molecule has 122 valence electrons. The fourth-order valence-corrected chi connectivity index (χ4v) is 2.74. The van der Waals surface area contributed by atoms with Crippen molar-refractivity contribution in [2.75, 3.05) is 6.54 Å². The summed E-state index contributed by atoms with van der Waals surface area (Å²) in [5.74, 6) is 0.710. The van der Waals surface area contributed by atoms with Crippen LogP contribution in [0.5, 0.6) is 0 Å². The van der Waals surface area contributed by atoms with Gasteiger partial charge in [0.05, 0.1) is 6.26 Å². The van der Waals surface area contributed by atoms with Gasteiger partial charge in [0.2, 0.25) is 0 Å². The molecule has 0 bridgehead atoms. The number of nitriles is 1. The van der Waals surface area contributed by atoms with Gasteiger partial charge in [-0.15, -0.1) is 0 Å². The Hall–Kier alpha value is -2.84. The van der Waals surface area contributed by atoms with Crippen LogP contribution < -0.4 is 5.32 Å². The molecule has 0 saturated carbocycles. The van der Waals surface area contributed by atoms with Gasteiger partial charge in [0.25, 0.3) is 0 Å². The van der Waals surface area contributed by atoms with Crippen molar-refractivity contribution < 1.29 is 8.81 Å². The van der Waals surface area contributed by atoms with Gasteiger partial charge in [-0.05, 0) is 54.4 Å². The highest BCUT2D eigenvalue weighted by atomic mass is 19.1. The number of nitrogens with one attached hydrogen (secondary N) is 2. The fraction of sp³-hybridized carbons (Fsp3) is 0.211. The van der Waals surface area contributed by atoms with Crippen molar-refractivity contribution >= 4 is 0 Å². The molecule has 4 nitrogen and oxygen atoms in total. The van der Waals surface area contributed by atoms with Crippen molar-refractivity contribution in [3.63, 3.8) is 0 Å². The highest BCUT2D eigenvalue weighted by molar-refractivity contribution is 5.28. The predicted octanol–water partition coefficient (Wildman–Crippen LogP) is 3.93. The monoisotopic (exact) mass is 323 g/mol. The van der Waals surface area contributed by atoms with E-state index in [1.165, 1.54) is 12.1 Å². The van der Waals surface area contributed by atoms with Gasteiger partial charge in [-0.1, -0.05) is 12.1 Å². The van der Waals surface area contributed by atoms with Gasteiger partial charge >= 0.3 is 0 Å². The van der Waals surface area contributed by atoms with Crippen LogP contribution in [0.25, 0.3) is 0 Å². The quantitative estimate of drug-likeness (QED) is 0.648. The maximum atomic E-state index is 13.2. The van der Waals surface area contributed by atoms with Gasteiger partial charge in [-0.2, -0.15) is 5.26 Å². The molecule has 1 unspecified atom stereocenters. The molecular weight excluding hydrogens is 305 g/mol. The lowest BCUT2D eigenvalue weighted by Crippen LogP contribution is -2.17. The van der Waals surface area contributed by atoms with Gasteiger partial charge < -0.3 is 14.7 Å². The van der Waals surface area contributed by atoms with Crippen LogP contribution >= 0.6 is 0 Å². The van der Waals surface area contributed by atoms with Gasteiger partial charge in [-0.25, -0.2) is 4.39 Å². The van der Waals surface area contributed by atoms with Gasteiger partial charge in [0.15, 0.2) is 0 Å². The largest absolute Gasteiger partial charge is 0.469 e. The van der Waals surface area contributed by atoms with Crippen molar-refractivity contribution in [2.24, 2.45) is 0 Å². The number of aromatic amines is 1. The average Bonchev–Trinajstić information content (AvgIpc) is 3.27. The molecule has 2 N–H and O–H groups in total. The maximum absolute atomic E-state index is 13.2. The minimum Gasteiger partial charge on any atom is -0.469 e. The molecule has 2 aromatic heterocycles. The molecule has 1 atom stereocenters. The number of H-pyrrole nitrogens is 1. The molecule has 0 amide bonds. The fourth-order valence-electron chi connectivity index (χ4n) is 2.74. The topological polar surface area (TPSA) is 64.8 Å². The number of rotatable bonds is 7. The van der Waals surface area contributed by atoms with E-state index in [0.717, 1.165) is 29.9 Å². The van der Waals surface area contributed by atoms with E-state index in [4.69, 9.17) is 9.68 Å². The van der Waals surface area contributed by atoms with Crippen molar-refractivity contribution in [3.8, 4) is 6.07 Å². The highest BCUT2D eigenvalue weighted by Gasteiger charge is 2.16. The number of furan rings is 1. The summed E-state index contributed by atoms with van der Waals surface area (Å²) in [6.45, 7) is 1.46. The predicted molar refractivity (Wildman–Crippen MR) is 88.8 cm³/mol. The third kappa shape index (κ3) is 3.92. The zero-order valence-corrected chi connectivity index (χ0v) is 13.1. The Kier molecular flexibility index (Phi) is 5.09. The summed E-state index contributed by atoms with van der Waals surface area (Å²) >= 11 is 0. The van der Waals surface area contributed by atoms with E-state index in [9.17, 15) is 4.39 Å². The van der Waals surface area contributed by atoms with E-state index in [1.807, 2.05) is 24.4 Å². The van der Waals surface area contributed by atoms with Crippen molar-refractivity contribution in [3.05, 3.63) is 83.3 Å². The van der Waals surface area contributed by atoms with Crippen LogP contribution in [0.3, 0.4) is 0 Å². The Morgan fingerprint density at radius 1 is 1.25 bits per heavy atom. The van der Waals surface area contributed by atoms with E-state index < -0.39 is 0 Å². The normalized spacial score (nSPS) is 12.0. The summed E-state index contributed by atoms with van der Waals surface area (Å²) in [4.78, 5) is 2.91. The molecule has 24 heavy (non-hydrogen) atoms. The van der Waals surface area contributed by atoms with Crippen LogP contribution in [0.2, 0.25) is 0 Å². The molecular formula is C19H18FN3O. The van der Waals surface area contributed by atoms with Crippen LogP contribution in [0.1, 0.15) is 34.9 Å². The molecule has 0 radical (unpaired) electrons. The first-order chi connectivity index (χ1) is 11.8. The molecule has 5 heteroatoms. The maximum Gasteiger partial charge on any atom is 0.123 e. The van der Waals surface area contributed by atoms with Gasteiger partial charge in [-0.3, -0.25) is 0 Å². The van der Waals surface area contributed by atoms with E-state index in [1.54, 1.807) is 18.4 Å². The number of halogens is 1. The molecule has 0 saturated heterocycles. The van der Waals surface area contributed by atoms with Gasteiger partial charge in [0.1, 0.15) is 23.3 Å². The van der Waals surface area contributed by atoms with E-state index in [-0.39, 0.29) is 11.7 Å². The minimum atomic E-state index is -0.240. The summed E-state index contributed by atoms with van der Waals surface area (Å²) in [6.07, 6.45) is 4.31. The van der Waals surface area contributed by atoms with Crippen molar-refractivity contribution in [1.29, 1.82) is 5.26 Å². The van der Waals surface area contributed by atoms with Crippen molar-refractivity contribution in [1.82, 2.24) is 10.3 Å². The van der Waals surface area contributed by atoms with Crippen LogP contribution in [0.15, 0.2) is 59.3 Å². The first kappa shape index (κ1) is 16.0. The second kappa shape index (κ2) is 7.62. The molecule has 1 aromatic carbocycles. The summed E-state index contributed by atoms with van der Waals surface area (Å²) in [5, 5.41) is 12.2. The molecule has 0 aliphatic heterocycles. The minimum absolute atomic E-state index is 0.0778. The van der Waals surface area contributed by atoms with E-state index in [2.05, 4.69) is 16.4 Å². The number of aromatic nitrogens is 1. The SMILES string of the molecule is N#Cc1cc(CNCCC(c2ccc(F)cc2)c2ccco2)c[nH]1. The lowest BCUT2D eigenvalue weighted by Gasteiger charge is -2.15. The second-order valence-corrected chi connectivity index (χ2v) is 5.62. The highest BCUT2D eigenvalue weighted by Crippen LogP contribution is 2.28. The summed E-state index contributed by atoms with van der Waals surface area (Å²) in [6, 6.07) is 14.3. The van der Waals surface area contributed by atoms with Gasteiger partial charge in [0, 0.05) is 18.7 Å². The zero-order valence-electron chi connectivity index (χ0n) is 13.1. The van der Waals surface area contributed by atoms with Crippen molar-refractivity contribution in [2.45, 2.75) is 18.9 Å². The third-order valence-electron chi connectivity index (χ3n) is 3.96. The Balaban J connectivity index is 1.60. The lowest BCUT2D eigenvalue weighted by molar-refractivity contribution is 0.466. The molecule has 3 rings (SSSR count). The van der Waals surface area contributed by atoms with Crippen LogP contribution in [-0.4, -0.2) is 11.5 Å². The second-order valence-electron chi connectivity index (χ2n) is 5.62. The molecule has 0 aliphatic carbocycles. The Morgan fingerprint density at radius 2 is 2.08 bits per heavy atom. The summed E-state index contributed by atoms with van der Waals surface area (Å²) in [5.41, 5.74) is 2.64. The zero-order chi connectivity index (χ0) is 16.8. The third-order valence-corrected chi connectivity index (χ3v) is 3.96.